The van der Waals surface area contributed by atoms with Crippen molar-refractivity contribution in [1.29, 1.82) is 0 Å². The topological polar surface area (TPSA) is 93.1 Å². The Kier molecular flexibility index (Phi) is 9.31. The van der Waals surface area contributed by atoms with Crippen molar-refractivity contribution in [3.63, 3.8) is 0 Å². The molecule has 2 unspecified atom stereocenters. The minimum atomic E-state index is -1.91. The summed E-state index contributed by atoms with van der Waals surface area (Å²) in [6.45, 7) is 11.9. The van der Waals surface area contributed by atoms with Crippen LogP contribution in [0.3, 0.4) is 0 Å². The maximum absolute atomic E-state index is 13.3. The first-order valence-corrected chi connectivity index (χ1v) is 15.8. The van der Waals surface area contributed by atoms with Crippen molar-refractivity contribution >= 4 is 17.2 Å². The molecule has 10 heteroatoms. The summed E-state index contributed by atoms with van der Waals surface area (Å²) in [7, 11) is 0. The summed E-state index contributed by atoms with van der Waals surface area (Å²) < 4.78 is 23.4. The van der Waals surface area contributed by atoms with E-state index in [1.165, 1.54) is 11.9 Å². The zero-order valence-electron chi connectivity index (χ0n) is 24.2. The van der Waals surface area contributed by atoms with E-state index in [0.717, 1.165) is 82.6 Å². The Bertz CT molecular complexity index is 1160. The third-order valence-electron chi connectivity index (χ3n) is 9.52. The van der Waals surface area contributed by atoms with E-state index in [0.29, 0.717) is 24.7 Å². The summed E-state index contributed by atoms with van der Waals surface area (Å²) in [6, 6.07) is 11.3. The number of carbonyl (C=O) groups excluding carboxylic acids is 1. The van der Waals surface area contributed by atoms with Crippen LogP contribution in [0.25, 0.3) is 0 Å². The Morgan fingerprint density at radius 1 is 1.00 bits per heavy atom. The molecular formula is C30H44N6O3S. The highest BCUT2D eigenvalue weighted by molar-refractivity contribution is 7.76. The van der Waals surface area contributed by atoms with Crippen LogP contribution in [-0.4, -0.2) is 101 Å². The number of carbonyl (C=O) groups is 1. The molecule has 40 heavy (non-hydrogen) atoms. The van der Waals surface area contributed by atoms with Crippen LogP contribution in [0.5, 0.6) is 0 Å². The van der Waals surface area contributed by atoms with Crippen LogP contribution in [0, 0.1) is 13.8 Å². The number of nitrogens with zero attached hydrogens (tertiary/aromatic N) is 6. The smallest absolute Gasteiger partial charge is 0.257 e. The summed E-state index contributed by atoms with van der Waals surface area (Å²) in [6.07, 6.45) is 7.63. The van der Waals surface area contributed by atoms with Gasteiger partial charge >= 0.3 is 0 Å². The summed E-state index contributed by atoms with van der Waals surface area (Å²) in [5.41, 5.74) is 3.53. The maximum atomic E-state index is 13.3. The molecule has 1 amide bonds. The molecule has 1 aromatic heterocycles. The number of amides is 1. The van der Waals surface area contributed by atoms with Gasteiger partial charge in [-0.3, -0.25) is 19.1 Å². The maximum Gasteiger partial charge on any atom is 0.257 e. The van der Waals surface area contributed by atoms with Gasteiger partial charge in [0, 0.05) is 63.4 Å². The van der Waals surface area contributed by atoms with Crippen LogP contribution < -0.4 is 0 Å². The van der Waals surface area contributed by atoms with Crippen molar-refractivity contribution in [3.8, 4) is 0 Å². The molecule has 3 aliphatic rings. The van der Waals surface area contributed by atoms with Gasteiger partial charge in [-0.1, -0.05) is 30.3 Å². The van der Waals surface area contributed by atoms with Crippen LogP contribution in [0.4, 0.5) is 0 Å². The van der Waals surface area contributed by atoms with Gasteiger partial charge in [0.1, 0.15) is 6.33 Å². The first-order valence-electron chi connectivity index (χ1n) is 14.7. The van der Waals surface area contributed by atoms with E-state index in [4.69, 9.17) is 0 Å². The van der Waals surface area contributed by atoms with Crippen molar-refractivity contribution in [1.82, 2.24) is 29.0 Å². The number of likely N-dealkylation sites (tertiary alicyclic amines) is 2. The quantitative estimate of drug-likeness (QED) is 0.510. The van der Waals surface area contributed by atoms with Crippen LogP contribution in [0.1, 0.15) is 72.8 Å². The molecule has 0 spiro atoms. The second-order valence-electron chi connectivity index (χ2n) is 12.0. The average Bonchev–Trinajstić information content (AvgIpc) is 2.97. The van der Waals surface area contributed by atoms with Gasteiger partial charge in [-0.15, -0.1) is 0 Å². The zero-order chi connectivity index (χ0) is 28.3. The largest absolute Gasteiger partial charge is 0.338 e. The lowest BCUT2D eigenvalue weighted by Gasteiger charge is -2.51. The monoisotopic (exact) mass is 568 g/mol. The third kappa shape index (κ3) is 6.46. The Labute approximate surface area is 241 Å². The van der Waals surface area contributed by atoms with Crippen molar-refractivity contribution in [2.24, 2.45) is 0 Å². The van der Waals surface area contributed by atoms with Crippen molar-refractivity contribution in [2.45, 2.75) is 83.5 Å². The van der Waals surface area contributed by atoms with Gasteiger partial charge in [0.25, 0.3) is 5.91 Å². The molecule has 1 N–H and O–H groups in total. The number of hydrogen-bond acceptors (Lipinski definition) is 6. The highest BCUT2D eigenvalue weighted by Crippen LogP contribution is 2.34. The van der Waals surface area contributed by atoms with E-state index in [-0.39, 0.29) is 17.5 Å². The van der Waals surface area contributed by atoms with Gasteiger partial charge in [-0.2, -0.15) is 4.31 Å². The lowest BCUT2D eigenvalue weighted by molar-refractivity contribution is -0.0123. The van der Waals surface area contributed by atoms with E-state index < -0.39 is 11.3 Å². The second kappa shape index (κ2) is 12.7. The Balaban J connectivity index is 1.21. The van der Waals surface area contributed by atoms with Gasteiger partial charge in [-0.25, -0.2) is 14.2 Å². The number of aromatic nitrogens is 2. The highest BCUT2D eigenvalue weighted by atomic mass is 32.2. The van der Waals surface area contributed by atoms with E-state index >= 15 is 0 Å². The zero-order valence-corrected chi connectivity index (χ0v) is 25.0. The molecule has 4 heterocycles. The Morgan fingerprint density at radius 2 is 1.65 bits per heavy atom. The average molecular weight is 569 g/mol. The van der Waals surface area contributed by atoms with Crippen molar-refractivity contribution < 1.29 is 13.6 Å². The van der Waals surface area contributed by atoms with Crippen LogP contribution in [0.2, 0.25) is 0 Å². The van der Waals surface area contributed by atoms with Gasteiger partial charge in [0.15, 0.2) is 0 Å². The minimum absolute atomic E-state index is 0.0539. The normalized spacial score (nSPS) is 23.8. The third-order valence-corrected chi connectivity index (χ3v) is 10.3. The molecule has 0 bridgehead atoms. The van der Waals surface area contributed by atoms with Crippen molar-refractivity contribution in [3.05, 3.63) is 59.2 Å². The van der Waals surface area contributed by atoms with Crippen LogP contribution in [0.15, 0.2) is 36.7 Å². The Hall–Kier alpha value is -2.24. The number of rotatable bonds is 7. The highest BCUT2D eigenvalue weighted by Gasteiger charge is 2.41. The molecule has 218 valence electrons. The first kappa shape index (κ1) is 29.3. The summed E-state index contributed by atoms with van der Waals surface area (Å²) in [5, 5.41) is 0. The molecule has 0 saturated carbocycles. The van der Waals surface area contributed by atoms with Crippen LogP contribution in [-0.2, 0) is 17.8 Å². The van der Waals surface area contributed by atoms with Crippen LogP contribution >= 0.6 is 0 Å². The minimum Gasteiger partial charge on any atom is -0.338 e. The SMILES string of the molecule is Cc1ncnc(C)c1C(=O)N1CCC(C)(N2CCC(N(Cc3ccccc3)C3CCCN(S(=O)O)C3)CC2)CC1. The summed E-state index contributed by atoms with van der Waals surface area (Å²) >= 11 is -1.91. The molecular weight excluding hydrogens is 524 g/mol. The lowest BCUT2D eigenvalue weighted by atomic mass is 9.85. The molecule has 9 nitrogen and oxygen atoms in total. The number of piperidine rings is 3. The van der Waals surface area contributed by atoms with Gasteiger partial charge in [0.2, 0.25) is 11.3 Å². The molecule has 1 aromatic carbocycles. The van der Waals surface area contributed by atoms with Gasteiger partial charge in [0.05, 0.1) is 17.0 Å². The fourth-order valence-corrected chi connectivity index (χ4v) is 7.57. The number of hydrogen-bond donors (Lipinski definition) is 1. The fraction of sp³-hybridized carbons (Fsp3) is 0.633. The predicted molar refractivity (Wildman–Crippen MR) is 157 cm³/mol. The molecule has 2 aromatic rings. The van der Waals surface area contributed by atoms with E-state index in [9.17, 15) is 13.6 Å². The molecule has 2 atom stereocenters. The van der Waals surface area contributed by atoms with Crippen molar-refractivity contribution in [2.75, 3.05) is 39.3 Å². The number of benzene rings is 1. The summed E-state index contributed by atoms with van der Waals surface area (Å²) in [5.74, 6) is 0.0539. The Morgan fingerprint density at radius 3 is 2.27 bits per heavy atom. The van der Waals surface area contributed by atoms with E-state index in [1.54, 1.807) is 4.31 Å². The molecule has 5 rings (SSSR count). The first-order chi connectivity index (χ1) is 19.2. The number of aryl methyl sites for hydroxylation is 2. The predicted octanol–water partition coefficient (Wildman–Crippen LogP) is 3.66. The van der Waals surface area contributed by atoms with Gasteiger partial charge < -0.3 is 4.90 Å². The molecule has 3 fully saturated rings. The molecule has 3 aliphatic heterocycles. The molecule has 0 aliphatic carbocycles. The van der Waals surface area contributed by atoms with Gasteiger partial charge in [-0.05, 0) is 64.9 Å². The fourth-order valence-electron chi connectivity index (χ4n) is 6.99. The van der Waals surface area contributed by atoms with E-state index in [2.05, 4.69) is 57.0 Å². The molecule has 0 radical (unpaired) electrons. The standard InChI is InChI=1S/C30H44N6O3S/c1-23-28(24(2)32-22-31-23)29(37)33-18-13-30(3,14-19-33)34-16-11-26(12-17-34)36(20-25-8-5-4-6-9-25)27-10-7-15-35(21-27)40(38)39/h4-6,8-9,22,26-27H,7,10-21H2,1-3H3,(H,38,39). The molecule has 3 saturated heterocycles. The second-order valence-corrected chi connectivity index (χ2v) is 13.0. The van der Waals surface area contributed by atoms with E-state index in [1.807, 2.05) is 18.7 Å². The summed E-state index contributed by atoms with van der Waals surface area (Å²) in [4.78, 5) is 29.1. The lowest BCUT2D eigenvalue weighted by Crippen LogP contribution is -2.59.